The lowest BCUT2D eigenvalue weighted by Gasteiger charge is -2.27. The first kappa shape index (κ1) is 14.6. The van der Waals surface area contributed by atoms with Gasteiger partial charge in [0, 0.05) is 17.5 Å². The number of nitrogens with two attached hydrogens (primary N) is 1. The third-order valence-corrected chi connectivity index (χ3v) is 4.23. The molecule has 0 aliphatic carbocycles. The lowest BCUT2D eigenvalue weighted by atomic mass is 10.2. The molecule has 0 spiro atoms. The molecule has 116 valence electrons. The van der Waals surface area contributed by atoms with E-state index in [1.54, 1.807) is 6.07 Å². The van der Waals surface area contributed by atoms with Crippen molar-refractivity contribution in [2.75, 3.05) is 31.1 Å². The van der Waals surface area contributed by atoms with Gasteiger partial charge in [-0.2, -0.15) is 0 Å². The minimum atomic E-state index is -0.272. The fourth-order valence-corrected chi connectivity index (χ4v) is 3.13. The third kappa shape index (κ3) is 2.57. The molecular formula is C16H21N4O2+. The Balaban J connectivity index is 2.05. The van der Waals surface area contributed by atoms with Gasteiger partial charge in [0.2, 0.25) is 0 Å². The summed E-state index contributed by atoms with van der Waals surface area (Å²) in [5.74, 6) is 0. The van der Waals surface area contributed by atoms with Crippen molar-refractivity contribution in [1.82, 2.24) is 4.57 Å². The van der Waals surface area contributed by atoms with Crippen molar-refractivity contribution < 1.29 is 10.2 Å². The summed E-state index contributed by atoms with van der Waals surface area (Å²) >= 11 is 0. The number of aromatic nitrogens is 1. The summed E-state index contributed by atoms with van der Waals surface area (Å²) < 4.78 is 2.04. The predicted molar refractivity (Wildman–Crippen MR) is 85.8 cm³/mol. The molecule has 6 heteroatoms. The maximum absolute atomic E-state index is 11.5. The molecule has 0 radical (unpaired) electrons. The van der Waals surface area contributed by atoms with Crippen molar-refractivity contribution in [2.24, 2.45) is 0 Å². The molecule has 0 bridgehead atoms. The van der Waals surface area contributed by atoms with Crippen LogP contribution in [0.1, 0.15) is 11.4 Å². The maximum atomic E-state index is 11.5. The molecule has 0 unspecified atom stereocenters. The Labute approximate surface area is 129 Å². The second-order valence-electron chi connectivity index (χ2n) is 5.73. The van der Waals surface area contributed by atoms with E-state index in [2.05, 4.69) is 10.2 Å². The van der Waals surface area contributed by atoms with Gasteiger partial charge in [-0.25, -0.2) is 0 Å². The normalized spacial score (nSPS) is 15.1. The van der Waals surface area contributed by atoms with Crippen LogP contribution in [0.3, 0.4) is 0 Å². The van der Waals surface area contributed by atoms with E-state index in [-0.39, 0.29) is 10.6 Å². The molecular weight excluding hydrogens is 280 g/mol. The number of rotatable bonds is 3. The van der Waals surface area contributed by atoms with E-state index in [1.807, 2.05) is 42.7 Å². The molecule has 1 aliphatic heterocycles. The van der Waals surface area contributed by atoms with Crippen LogP contribution in [0.4, 0.5) is 11.4 Å². The first-order valence-corrected chi connectivity index (χ1v) is 7.58. The number of hydrogen-bond acceptors (Lipinski definition) is 3. The van der Waals surface area contributed by atoms with Crippen LogP contribution in [0.15, 0.2) is 30.3 Å². The van der Waals surface area contributed by atoms with Crippen LogP contribution < -0.4 is 10.2 Å². The predicted octanol–water partition coefficient (Wildman–Crippen LogP) is 1.39. The fourth-order valence-electron chi connectivity index (χ4n) is 3.13. The van der Waals surface area contributed by atoms with Crippen LogP contribution in [0.25, 0.3) is 5.69 Å². The van der Waals surface area contributed by atoms with Gasteiger partial charge in [0.1, 0.15) is 5.69 Å². The van der Waals surface area contributed by atoms with Crippen LogP contribution in [0.2, 0.25) is 0 Å². The topological polar surface area (TPSA) is 67.9 Å². The molecule has 0 saturated carbocycles. The van der Waals surface area contributed by atoms with E-state index in [9.17, 15) is 10.1 Å². The van der Waals surface area contributed by atoms with Gasteiger partial charge in [0.05, 0.1) is 36.8 Å². The summed E-state index contributed by atoms with van der Waals surface area (Å²) in [6, 6.07) is 9.59. The summed E-state index contributed by atoms with van der Waals surface area (Å²) in [5, 5.41) is 13.8. The van der Waals surface area contributed by atoms with Crippen molar-refractivity contribution in [2.45, 2.75) is 13.8 Å². The van der Waals surface area contributed by atoms with Gasteiger partial charge in [-0.1, -0.05) is 0 Å². The van der Waals surface area contributed by atoms with Crippen molar-refractivity contribution in [1.29, 1.82) is 0 Å². The first-order valence-electron chi connectivity index (χ1n) is 7.58. The zero-order valence-corrected chi connectivity index (χ0v) is 13.0. The zero-order chi connectivity index (χ0) is 15.7. The maximum Gasteiger partial charge on any atom is 0.294 e. The Bertz CT molecular complexity index is 683. The van der Waals surface area contributed by atoms with Crippen LogP contribution in [-0.4, -0.2) is 35.7 Å². The monoisotopic (exact) mass is 301 g/mol. The highest BCUT2D eigenvalue weighted by Gasteiger charge is 2.23. The van der Waals surface area contributed by atoms with E-state index in [1.165, 1.54) is 0 Å². The summed E-state index contributed by atoms with van der Waals surface area (Å²) in [6.45, 7) is 7.67. The van der Waals surface area contributed by atoms with E-state index in [0.717, 1.165) is 48.9 Å². The number of nitro groups is 1. The molecule has 1 aromatic carbocycles. The van der Waals surface area contributed by atoms with Crippen LogP contribution in [0, 0.1) is 24.0 Å². The Morgan fingerprint density at radius 2 is 1.73 bits per heavy atom. The molecule has 22 heavy (non-hydrogen) atoms. The van der Waals surface area contributed by atoms with Gasteiger partial charge < -0.3 is 14.8 Å². The molecule has 2 aromatic rings. The molecule has 2 N–H and O–H groups in total. The highest BCUT2D eigenvalue weighted by atomic mass is 16.6. The van der Waals surface area contributed by atoms with Crippen molar-refractivity contribution >= 4 is 11.4 Å². The number of nitro benzene ring substituents is 1. The molecule has 0 atom stereocenters. The van der Waals surface area contributed by atoms with Crippen LogP contribution in [-0.2, 0) is 0 Å². The minimum Gasteiger partial charge on any atom is -0.355 e. The first-order chi connectivity index (χ1) is 10.6. The van der Waals surface area contributed by atoms with Gasteiger partial charge in [0.25, 0.3) is 5.69 Å². The SMILES string of the molecule is Cc1ccc(C)n1-c1ccc(N2CC[NH2+]CC2)c([N+](=O)[O-])c1. The smallest absolute Gasteiger partial charge is 0.294 e. The Kier molecular flexibility index (Phi) is 3.85. The molecule has 3 rings (SSSR count). The van der Waals surface area contributed by atoms with Crippen molar-refractivity contribution in [3.8, 4) is 5.69 Å². The molecule has 2 heterocycles. The van der Waals surface area contributed by atoms with E-state index >= 15 is 0 Å². The Morgan fingerprint density at radius 1 is 1.09 bits per heavy atom. The number of nitrogens with zero attached hydrogens (tertiary/aromatic N) is 3. The number of aryl methyl sites for hydroxylation is 2. The van der Waals surface area contributed by atoms with Gasteiger partial charge in [0.15, 0.2) is 0 Å². The molecule has 6 nitrogen and oxygen atoms in total. The fraction of sp³-hybridized carbons (Fsp3) is 0.375. The van der Waals surface area contributed by atoms with E-state index in [4.69, 9.17) is 0 Å². The van der Waals surface area contributed by atoms with Crippen molar-refractivity contribution in [3.05, 3.63) is 51.8 Å². The van der Waals surface area contributed by atoms with Gasteiger partial charge >= 0.3 is 0 Å². The van der Waals surface area contributed by atoms with Gasteiger partial charge in [-0.3, -0.25) is 10.1 Å². The Morgan fingerprint density at radius 3 is 2.32 bits per heavy atom. The number of hydrogen-bond donors (Lipinski definition) is 1. The number of piperazine rings is 1. The van der Waals surface area contributed by atoms with E-state index in [0.29, 0.717) is 0 Å². The van der Waals surface area contributed by atoms with Crippen molar-refractivity contribution in [3.63, 3.8) is 0 Å². The summed E-state index contributed by atoms with van der Waals surface area (Å²) in [4.78, 5) is 13.4. The standard InChI is InChI=1S/C16H20N4O2/c1-12-3-4-13(2)19(12)14-5-6-15(16(11-14)20(21)22)18-9-7-17-8-10-18/h3-6,11,17H,7-10H2,1-2H3/p+1. The zero-order valence-electron chi connectivity index (χ0n) is 13.0. The largest absolute Gasteiger partial charge is 0.355 e. The number of benzene rings is 1. The second kappa shape index (κ2) is 5.81. The average molecular weight is 301 g/mol. The average Bonchev–Trinajstić information content (AvgIpc) is 2.86. The summed E-state index contributed by atoms with van der Waals surface area (Å²) in [7, 11) is 0. The Hall–Kier alpha value is -2.34. The number of quaternary nitrogens is 1. The quantitative estimate of drug-likeness (QED) is 0.688. The number of anilines is 1. The molecule has 1 aromatic heterocycles. The van der Waals surface area contributed by atoms with Gasteiger partial charge in [-0.05, 0) is 38.1 Å². The molecule has 1 saturated heterocycles. The highest BCUT2D eigenvalue weighted by Crippen LogP contribution is 2.31. The summed E-state index contributed by atoms with van der Waals surface area (Å²) in [5.41, 5.74) is 3.91. The van der Waals surface area contributed by atoms with Crippen LogP contribution in [0.5, 0.6) is 0 Å². The second-order valence-corrected chi connectivity index (χ2v) is 5.73. The van der Waals surface area contributed by atoms with Crippen LogP contribution >= 0.6 is 0 Å². The minimum absolute atomic E-state index is 0.187. The molecule has 0 amide bonds. The molecule has 1 aliphatic rings. The molecule has 1 fully saturated rings. The lowest BCUT2D eigenvalue weighted by Crippen LogP contribution is -2.89. The van der Waals surface area contributed by atoms with Gasteiger partial charge in [-0.15, -0.1) is 0 Å². The summed E-state index contributed by atoms with van der Waals surface area (Å²) in [6.07, 6.45) is 0. The van der Waals surface area contributed by atoms with E-state index < -0.39 is 0 Å². The third-order valence-electron chi connectivity index (χ3n) is 4.23. The lowest BCUT2D eigenvalue weighted by molar-refractivity contribution is -0.655. The highest BCUT2D eigenvalue weighted by molar-refractivity contribution is 5.67.